The van der Waals surface area contributed by atoms with E-state index in [1.54, 1.807) is 20.1 Å². The van der Waals surface area contributed by atoms with Crippen molar-refractivity contribution >= 4 is 5.97 Å². The second kappa shape index (κ2) is 9.52. The molecule has 0 amide bonds. The number of alkyl halides is 1. The van der Waals surface area contributed by atoms with E-state index in [4.69, 9.17) is 23.7 Å². The molecule has 1 aliphatic heterocycles. The number of benzene rings is 2. The Kier molecular flexibility index (Phi) is 6.84. The standard InChI is InChI=1S/C21H23FO6/c1-3-25-20(23)19(22)15-6-9-17(21-26-10-11-27-21)18(12-15)28-13-14-4-7-16(24-2)8-5-14/h4-9,12,19,21H,3,10-11,13H2,1-2H3. The van der Waals surface area contributed by atoms with Gasteiger partial charge in [0.05, 0.1) is 26.9 Å². The fourth-order valence-corrected chi connectivity index (χ4v) is 2.80. The number of hydrogen-bond acceptors (Lipinski definition) is 6. The molecule has 28 heavy (non-hydrogen) atoms. The number of methoxy groups -OCH3 is 1. The Bertz CT molecular complexity index is 786. The summed E-state index contributed by atoms with van der Waals surface area (Å²) in [5.74, 6) is 0.214. The molecule has 2 aromatic carbocycles. The van der Waals surface area contributed by atoms with Crippen LogP contribution in [0.4, 0.5) is 4.39 Å². The average molecular weight is 390 g/mol. The van der Waals surface area contributed by atoms with Gasteiger partial charge < -0.3 is 23.7 Å². The molecule has 0 N–H and O–H groups in total. The highest BCUT2D eigenvalue weighted by molar-refractivity contribution is 5.76. The Morgan fingerprint density at radius 2 is 1.89 bits per heavy atom. The number of halogens is 1. The van der Waals surface area contributed by atoms with E-state index in [0.29, 0.717) is 24.5 Å². The van der Waals surface area contributed by atoms with Gasteiger partial charge in [-0.2, -0.15) is 0 Å². The van der Waals surface area contributed by atoms with Crippen LogP contribution < -0.4 is 9.47 Å². The predicted octanol–water partition coefficient (Wildman–Crippen LogP) is 3.89. The zero-order chi connectivity index (χ0) is 19.9. The predicted molar refractivity (Wildman–Crippen MR) is 98.9 cm³/mol. The monoisotopic (exact) mass is 390 g/mol. The van der Waals surface area contributed by atoms with Crippen LogP contribution in [0.3, 0.4) is 0 Å². The smallest absolute Gasteiger partial charge is 0.345 e. The molecule has 2 aromatic rings. The summed E-state index contributed by atoms with van der Waals surface area (Å²) < 4.78 is 41.4. The molecule has 0 aromatic heterocycles. The lowest BCUT2D eigenvalue weighted by Crippen LogP contribution is -2.13. The maximum Gasteiger partial charge on any atom is 0.345 e. The van der Waals surface area contributed by atoms with E-state index in [1.807, 2.05) is 24.3 Å². The molecule has 1 aliphatic rings. The van der Waals surface area contributed by atoms with E-state index in [1.165, 1.54) is 12.1 Å². The van der Waals surface area contributed by atoms with Gasteiger partial charge in [0, 0.05) is 11.1 Å². The SMILES string of the molecule is CCOC(=O)C(F)c1ccc(C2OCCO2)c(OCc2ccc(OC)cc2)c1. The molecule has 0 bridgehead atoms. The van der Waals surface area contributed by atoms with Gasteiger partial charge in [-0.15, -0.1) is 0 Å². The van der Waals surface area contributed by atoms with Crippen molar-refractivity contribution in [2.75, 3.05) is 26.9 Å². The highest BCUT2D eigenvalue weighted by atomic mass is 19.1. The lowest BCUT2D eigenvalue weighted by atomic mass is 10.1. The number of ether oxygens (including phenoxy) is 5. The minimum atomic E-state index is -1.89. The van der Waals surface area contributed by atoms with Crippen molar-refractivity contribution in [1.82, 2.24) is 0 Å². The van der Waals surface area contributed by atoms with Crippen LogP contribution in [0.1, 0.15) is 36.1 Å². The maximum atomic E-state index is 14.4. The van der Waals surface area contributed by atoms with Crippen LogP contribution in [0.2, 0.25) is 0 Å². The number of carbonyl (C=O) groups excluding carboxylic acids is 1. The Hall–Kier alpha value is -2.64. The minimum Gasteiger partial charge on any atom is -0.497 e. The molecule has 1 atom stereocenters. The summed E-state index contributed by atoms with van der Waals surface area (Å²) in [5.41, 5.74) is 1.71. The largest absolute Gasteiger partial charge is 0.497 e. The van der Waals surface area contributed by atoms with Crippen LogP contribution in [0.15, 0.2) is 42.5 Å². The molecule has 0 spiro atoms. The first kappa shape index (κ1) is 20.1. The van der Waals surface area contributed by atoms with Crippen molar-refractivity contribution in [2.45, 2.75) is 26.0 Å². The van der Waals surface area contributed by atoms with Gasteiger partial charge in [0.2, 0.25) is 6.17 Å². The molecule has 7 heteroatoms. The number of rotatable bonds is 8. The van der Waals surface area contributed by atoms with Crippen LogP contribution in [-0.2, 0) is 25.6 Å². The summed E-state index contributed by atoms with van der Waals surface area (Å²) >= 11 is 0. The summed E-state index contributed by atoms with van der Waals surface area (Å²) in [6.07, 6.45) is -2.47. The molecule has 0 radical (unpaired) electrons. The van der Waals surface area contributed by atoms with Crippen molar-refractivity contribution in [3.05, 3.63) is 59.2 Å². The lowest BCUT2D eigenvalue weighted by Gasteiger charge is -2.18. The number of hydrogen-bond donors (Lipinski definition) is 0. The van der Waals surface area contributed by atoms with Crippen molar-refractivity contribution in [3.8, 4) is 11.5 Å². The second-order valence-corrected chi connectivity index (χ2v) is 6.12. The van der Waals surface area contributed by atoms with Crippen LogP contribution in [0.25, 0.3) is 0 Å². The third kappa shape index (κ3) is 4.79. The summed E-state index contributed by atoms with van der Waals surface area (Å²) in [4.78, 5) is 11.7. The Morgan fingerprint density at radius 1 is 1.18 bits per heavy atom. The van der Waals surface area contributed by atoms with Crippen molar-refractivity contribution in [1.29, 1.82) is 0 Å². The number of carbonyl (C=O) groups is 1. The second-order valence-electron chi connectivity index (χ2n) is 6.12. The summed E-state index contributed by atoms with van der Waals surface area (Å²) in [6.45, 7) is 2.94. The highest BCUT2D eigenvalue weighted by Crippen LogP contribution is 2.35. The minimum absolute atomic E-state index is 0.113. The Morgan fingerprint density at radius 3 is 2.54 bits per heavy atom. The average Bonchev–Trinajstić information content (AvgIpc) is 3.26. The molecule has 6 nitrogen and oxygen atoms in total. The topological polar surface area (TPSA) is 63.2 Å². The van der Waals surface area contributed by atoms with Gasteiger partial charge in [-0.05, 0) is 36.8 Å². The third-order valence-electron chi connectivity index (χ3n) is 4.25. The molecular weight excluding hydrogens is 367 g/mol. The van der Waals surface area contributed by atoms with E-state index in [-0.39, 0.29) is 18.8 Å². The fourth-order valence-electron chi connectivity index (χ4n) is 2.80. The van der Waals surface area contributed by atoms with Gasteiger partial charge in [0.1, 0.15) is 18.1 Å². The molecule has 0 aliphatic carbocycles. The highest BCUT2D eigenvalue weighted by Gasteiger charge is 2.26. The summed E-state index contributed by atoms with van der Waals surface area (Å²) in [5, 5.41) is 0. The van der Waals surface area contributed by atoms with Gasteiger partial charge in [-0.3, -0.25) is 0 Å². The van der Waals surface area contributed by atoms with Gasteiger partial charge in [0.25, 0.3) is 0 Å². The van der Waals surface area contributed by atoms with Gasteiger partial charge in [-0.25, -0.2) is 9.18 Å². The van der Waals surface area contributed by atoms with E-state index >= 15 is 0 Å². The van der Waals surface area contributed by atoms with Crippen LogP contribution in [0, 0.1) is 0 Å². The molecule has 1 saturated heterocycles. The zero-order valence-corrected chi connectivity index (χ0v) is 15.9. The zero-order valence-electron chi connectivity index (χ0n) is 15.9. The van der Waals surface area contributed by atoms with Crippen molar-refractivity contribution in [2.24, 2.45) is 0 Å². The molecule has 1 heterocycles. The lowest BCUT2D eigenvalue weighted by molar-refractivity contribution is -0.149. The van der Waals surface area contributed by atoms with Gasteiger partial charge in [-0.1, -0.05) is 18.2 Å². The van der Waals surface area contributed by atoms with E-state index in [9.17, 15) is 9.18 Å². The van der Waals surface area contributed by atoms with Gasteiger partial charge in [0.15, 0.2) is 6.29 Å². The van der Waals surface area contributed by atoms with Crippen LogP contribution in [0.5, 0.6) is 11.5 Å². The first-order valence-electron chi connectivity index (χ1n) is 9.06. The van der Waals surface area contributed by atoms with E-state index < -0.39 is 18.4 Å². The molecule has 3 rings (SSSR count). The summed E-state index contributed by atoms with van der Waals surface area (Å²) in [7, 11) is 1.60. The normalized spacial score (nSPS) is 15.2. The first-order valence-corrected chi connectivity index (χ1v) is 9.06. The van der Waals surface area contributed by atoms with Crippen LogP contribution >= 0.6 is 0 Å². The van der Waals surface area contributed by atoms with E-state index in [2.05, 4.69) is 0 Å². The molecule has 1 fully saturated rings. The summed E-state index contributed by atoms with van der Waals surface area (Å²) in [6, 6.07) is 12.1. The third-order valence-corrected chi connectivity index (χ3v) is 4.25. The number of esters is 1. The fraction of sp³-hybridized carbons (Fsp3) is 0.381. The van der Waals surface area contributed by atoms with E-state index in [0.717, 1.165) is 11.3 Å². The van der Waals surface area contributed by atoms with Crippen molar-refractivity contribution in [3.63, 3.8) is 0 Å². The molecule has 0 saturated carbocycles. The quantitative estimate of drug-likeness (QED) is 0.637. The van der Waals surface area contributed by atoms with Crippen molar-refractivity contribution < 1.29 is 32.9 Å². The Balaban J connectivity index is 1.81. The van der Waals surface area contributed by atoms with Gasteiger partial charge >= 0.3 is 5.97 Å². The molecule has 1 unspecified atom stereocenters. The molecule has 150 valence electrons. The maximum absolute atomic E-state index is 14.4. The van der Waals surface area contributed by atoms with Crippen LogP contribution in [-0.4, -0.2) is 32.9 Å². The first-order chi connectivity index (χ1) is 13.6. The molecular formula is C21H23FO6. The Labute approximate surface area is 163 Å².